The summed E-state index contributed by atoms with van der Waals surface area (Å²) in [6, 6.07) is 12.5. The number of rotatable bonds is 5. The molecule has 1 saturated carbocycles. The first-order chi connectivity index (χ1) is 15.7. The molecule has 1 aromatic carbocycles. The summed E-state index contributed by atoms with van der Waals surface area (Å²) in [6.07, 6.45) is 6.21. The van der Waals surface area contributed by atoms with Crippen molar-refractivity contribution < 1.29 is 9.59 Å². The lowest BCUT2D eigenvalue weighted by atomic mass is 9.92. The Morgan fingerprint density at radius 3 is 2.38 bits per heavy atom. The van der Waals surface area contributed by atoms with Crippen molar-refractivity contribution in [1.82, 2.24) is 14.7 Å². The molecule has 6 heteroatoms. The number of hydrogen-bond donors (Lipinski definition) is 0. The van der Waals surface area contributed by atoms with Crippen molar-refractivity contribution >= 4 is 23.2 Å². The van der Waals surface area contributed by atoms with E-state index < -0.39 is 0 Å². The number of benzene rings is 1. The Kier molecular flexibility index (Phi) is 6.60. The molecule has 1 unspecified atom stereocenters. The van der Waals surface area contributed by atoms with Crippen molar-refractivity contribution in [2.75, 3.05) is 32.7 Å². The summed E-state index contributed by atoms with van der Waals surface area (Å²) in [7, 11) is 0. The van der Waals surface area contributed by atoms with Gasteiger partial charge in [-0.3, -0.25) is 14.5 Å². The van der Waals surface area contributed by atoms with E-state index in [2.05, 4.69) is 34.1 Å². The molecule has 0 bridgehead atoms. The second kappa shape index (κ2) is 9.75. The summed E-state index contributed by atoms with van der Waals surface area (Å²) in [4.78, 5) is 34.2. The topological polar surface area (TPSA) is 43.9 Å². The van der Waals surface area contributed by atoms with Gasteiger partial charge in [0.15, 0.2) is 0 Å². The molecule has 170 valence electrons. The molecule has 2 aliphatic heterocycles. The molecule has 0 spiro atoms. The predicted molar refractivity (Wildman–Crippen MR) is 127 cm³/mol. The highest BCUT2D eigenvalue weighted by atomic mass is 32.1. The maximum atomic E-state index is 13.8. The molecule has 0 N–H and O–H groups in total. The number of thiophene rings is 1. The zero-order valence-corrected chi connectivity index (χ0v) is 19.6. The van der Waals surface area contributed by atoms with Gasteiger partial charge in [0, 0.05) is 44.1 Å². The maximum absolute atomic E-state index is 13.8. The minimum atomic E-state index is -0.0303. The quantitative estimate of drug-likeness (QED) is 0.698. The van der Waals surface area contributed by atoms with E-state index in [1.807, 2.05) is 22.4 Å². The van der Waals surface area contributed by atoms with Crippen LogP contribution in [0.4, 0.5) is 0 Å². The van der Waals surface area contributed by atoms with Crippen LogP contribution in [0.2, 0.25) is 0 Å². The van der Waals surface area contributed by atoms with Crippen LogP contribution in [0.3, 0.4) is 0 Å². The van der Waals surface area contributed by atoms with Crippen LogP contribution in [0.15, 0.2) is 41.8 Å². The van der Waals surface area contributed by atoms with Crippen LogP contribution in [0.1, 0.15) is 41.7 Å². The van der Waals surface area contributed by atoms with E-state index in [0.29, 0.717) is 18.2 Å². The molecule has 5 rings (SSSR count). The van der Waals surface area contributed by atoms with Gasteiger partial charge in [-0.2, -0.15) is 0 Å². The highest BCUT2D eigenvalue weighted by Gasteiger charge is 2.39. The molecule has 1 atom stereocenters. The Morgan fingerprint density at radius 2 is 1.66 bits per heavy atom. The number of piperazine rings is 1. The van der Waals surface area contributed by atoms with Gasteiger partial charge in [-0.15, -0.1) is 11.3 Å². The molecule has 32 heavy (non-hydrogen) atoms. The smallest absolute Gasteiger partial charge is 0.240 e. The standard InChI is InChI=1S/C26H33N3O2S/c30-24(18-23-10-5-17-32-23)27-13-15-28(16-14-27)25(21-7-2-3-8-21)26(31)29-12-11-20-6-1-4-9-22(20)19-29/h1,4-6,9-10,17,21,25H,2-3,7-8,11-16,18-19H2. The molecule has 1 aromatic heterocycles. The lowest BCUT2D eigenvalue weighted by molar-refractivity contribution is -0.142. The minimum Gasteiger partial charge on any atom is -0.340 e. The van der Waals surface area contributed by atoms with E-state index in [-0.39, 0.29) is 11.9 Å². The summed E-state index contributed by atoms with van der Waals surface area (Å²) < 4.78 is 0. The number of nitrogens with zero attached hydrogens (tertiary/aromatic N) is 3. The summed E-state index contributed by atoms with van der Waals surface area (Å²) in [6.45, 7) is 4.60. The Bertz CT molecular complexity index is 930. The molecule has 2 fully saturated rings. The summed E-state index contributed by atoms with van der Waals surface area (Å²) in [5.74, 6) is 0.973. The van der Waals surface area contributed by atoms with Crippen LogP contribution in [0.5, 0.6) is 0 Å². The predicted octanol–water partition coefficient (Wildman–Crippen LogP) is 3.58. The third-order valence-corrected chi connectivity index (χ3v) is 8.38. The minimum absolute atomic E-state index is 0.0303. The lowest BCUT2D eigenvalue weighted by Crippen LogP contribution is -2.59. The molecule has 0 radical (unpaired) electrons. The molecule has 2 amide bonds. The number of carbonyl (C=O) groups is 2. The van der Waals surface area contributed by atoms with Gasteiger partial charge in [-0.25, -0.2) is 0 Å². The molecule has 1 saturated heterocycles. The van der Waals surface area contributed by atoms with Gasteiger partial charge >= 0.3 is 0 Å². The fourth-order valence-electron chi connectivity index (χ4n) is 5.72. The lowest BCUT2D eigenvalue weighted by Gasteiger charge is -2.43. The van der Waals surface area contributed by atoms with E-state index in [0.717, 1.165) is 63.4 Å². The maximum Gasteiger partial charge on any atom is 0.240 e. The van der Waals surface area contributed by atoms with Crippen molar-refractivity contribution in [2.45, 2.75) is 51.1 Å². The third-order valence-electron chi connectivity index (χ3n) is 7.51. The van der Waals surface area contributed by atoms with Gasteiger partial charge in [-0.1, -0.05) is 43.2 Å². The fourth-order valence-corrected chi connectivity index (χ4v) is 6.42. The third kappa shape index (κ3) is 4.62. The van der Waals surface area contributed by atoms with Crippen molar-refractivity contribution in [3.8, 4) is 0 Å². The number of fused-ring (bicyclic) bond motifs is 1. The average molecular weight is 452 g/mol. The van der Waals surface area contributed by atoms with E-state index >= 15 is 0 Å². The van der Waals surface area contributed by atoms with Crippen LogP contribution in [0.25, 0.3) is 0 Å². The fraction of sp³-hybridized carbons (Fsp3) is 0.538. The Balaban J connectivity index is 1.25. The SMILES string of the molecule is O=C(Cc1cccs1)N1CCN(C(C(=O)N2CCc3ccccc3C2)C2CCCC2)CC1. The second-order valence-corrected chi connectivity index (χ2v) is 10.5. The highest BCUT2D eigenvalue weighted by molar-refractivity contribution is 7.10. The summed E-state index contributed by atoms with van der Waals surface area (Å²) in [5.41, 5.74) is 2.67. The first-order valence-electron chi connectivity index (χ1n) is 12.1. The van der Waals surface area contributed by atoms with Crippen LogP contribution < -0.4 is 0 Å². The second-order valence-electron chi connectivity index (χ2n) is 9.44. The monoisotopic (exact) mass is 451 g/mol. The van der Waals surface area contributed by atoms with Gasteiger partial charge < -0.3 is 9.80 Å². The van der Waals surface area contributed by atoms with E-state index in [1.54, 1.807) is 11.3 Å². The van der Waals surface area contributed by atoms with Crippen LogP contribution >= 0.6 is 11.3 Å². The molecular weight excluding hydrogens is 418 g/mol. The molecule has 1 aliphatic carbocycles. The van der Waals surface area contributed by atoms with E-state index in [9.17, 15) is 9.59 Å². The highest BCUT2D eigenvalue weighted by Crippen LogP contribution is 2.33. The zero-order chi connectivity index (χ0) is 21.9. The molecular formula is C26H33N3O2S. The van der Waals surface area contributed by atoms with Gasteiger partial charge in [0.25, 0.3) is 0 Å². The van der Waals surface area contributed by atoms with E-state index in [4.69, 9.17) is 0 Å². The van der Waals surface area contributed by atoms with Gasteiger partial charge in [-0.05, 0) is 47.8 Å². The Morgan fingerprint density at radius 1 is 0.906 bits per heavy atom. The summed E-state index contributed by atoms with van der Waals surface area (Å²) >= 11 is 1.64. The number of hydrogen-bond acceptors (Lipinski definition) is 4. The molecule has 3 heterocycles. The van der Waals surface area contributed by atoms with Crippen LogP contribution in [0, 0.1) is 5.92 Å². The average Bonchev–Trinajstić information content (AvgIpc) is 3.54. The number of amides is 2. The van der Waals surface area contributed by atoms with E-state index in [1.165, 1.54) is 24.0 Å². The van der Waals surface area contributed by atoms with Crippen molar-refractivity contribution in [2.24, 2.45) is 5.92 Å². The Hall–Kier alpha value is -2.18. The summed E-state index contributed by atoms with van der Waals surface area (Å²) in [5, 5.41) is 2.03. The van der Waals surface area contributed by atoms with Crippen LogP contribution in [-0.2, 0) is 29.0 Å². The largest absolute Gasteiger partial charge is 0.340 e. The van der Waals surface area contributed by atoms with Gasteiger partial charge in [0.05, 0.1) is 12.5 Å². The number of carbonyl (C=O) groups excluding carboxylic acids is 2. The zero-order valence-electron chi connectivity index (χ0n) is 18.7. The molecule has 3 aliphatic rings. The Labute approximate surface area is 195 Å². The van der Waals surface area contributed by atoms with Crippen LogP contribution in [-0.4, -0.2) is 65.3 Å². The normalized spacial score (nSPS) is 20.9. The first-order valence-corrected chi connectivity index (χ1v) is 13.0. The molecule has 5 nitrogen and oxygen atoms in total. The van der Waals surface area contributed by atoms with Crippen molar-refractivity contribution in [3.63, 3.8) is 0 Å². The van der Waals surface area contributed by atoms with Gasteiger partial charge in [0.1, 0.15) is 0 Å². The van der Waals surface area contributed by atoms with Crippen molar-refractivity contribution in [3.05, 3.63) is 57.8 Å². The molecule has 2 aromatic rings. The first kappa shape index (κ1) is 21.7. The van der Waals surface area contributed by atoms with Gasteiger partial charge in [0.2, 0.25) is 11.8 Å². The van der Waals surface area contributed by atoms with Crippen molar-refractivity contribution in [1.29, 1.82) is 0 Å².